The first kappa shape index (κ1) is 21.6. The molecule has 0 aliphatic rings. The van der Waals surface area contributed by atoms with E-state index < -0.39 is 0 Å². The predicted octanol–water partition coefficient (Wildman–Crippen LogP) is 5.35. The molecule has 0 saturated carbocycles. The van der Waals surface area contributed by atoms with Crippen molar-refractivity contribution < 1.29 is 19.0 Å². The Kier molecular flexibility index (Phi) is 6.95. The maximum Gasteiger partial charge on any atom is 0.257 e. The Hall–Kier alpha value is -3.06. The molecule has 0 spiro atoms. The minimum Gasteiger partial charge on any atom is -0.493 e. The van der Waals surface area contributed by atoms with Gasteiger partial charge in [0.25, 0.3) is 5.91 Å². The molecular weight excluding hydrogens is 400 g/mol. The first-order valence-corrected chi connectivity index (χ1v) is 10.5. The zero-order chi connectivity index (χ0) is 21.7. The molecule has 158 valence electrons. The summed E-state index contributed by atoms with van der Waals surface area (Å²) in [5.41, 5.74) is 3.56. The Balaban J connectivity index is 1.92. The molecule has 2 aromatic carbocycles. The van der Waals surface area contributed by atoms with Crippen molar-refractivity contribution in [3.8, 4) is 28.5 Å². The lowest BCUT2D eigenvalue weighted by Gasteiger charge is -2.13. The number of aromatic nitrogens is 1. The van der Waals surface area contributed by atoms with E-state index in [-0.39, 0.29) is 5.91 Å². The smallest absolute Gasteiger partial charge is 0.257 e. The third-order valence-corrected chi connectivity index (χ3v) is 5.68. The first-order valence-electron chi connectivity index (χ1n) is 9.68. The van der Waals surface area contributed by atoms with Crippen LogP contribution in [0.2, 0.25) is 0 Å². The lowest BCUT2D eigenvalue weighted by Crippen LogP contribution is -2.12. The van der Waals surface area contributed by atoms with Crippen LogP contribution in [0.4, 0.5) is 5.13 Å². The fraction of sp³-hybridized carbons (Fsp3) is 0.304. The van der Waals surface area contributed by atoms with Gasteiger partial charge in [-0.15, -0.1) is 11.3 Å². The number of anilines is 1. The van der Waals surface area contributed by atoms with Crippen LogP contribution in [0, 0.1) is 6.92 Å². The fourth-order valence-corrected chi connectivity index (χ4v) is 4.20. The van der Waals surface area contributed by atoms with Crippen molar-refractivity contribution in [1.82, 2.24) is 4.98 Å². The third kappa shape index (κ3) is 4.57. The predicted molar refractivity (Wildman–Crippen MR) is 120 cm³/mol. The van der Waals surface area contributed by atoms with Gasteiger partial charge in [0.1, 0.15) is 0 Å². The van der Waals surface area contributed by atoms with E-state index in [1.54, 1.807) is 12.1 Å². The van der Waals surface area contributed by atoms with Gasteiger partial charge in [0, 0.05) is 16.0 Å². The van der Waals surface area contributed by atoms with Crippen molar-refractivity contribution in [3.05, 3.63) is 52.4 Å². The number of amides is 1. The molecule has 1 aromatic heterocycles. The zero-order valence-electron chi connectivity index (χ0n) is 17.9. The molecule has 0 atom stereocenters. The summed E-state index contributed by atoms with van der Waals surface area (Å²) < 4.78 is 16.0. The summed E-state index contributed by atoms with van der Waals surface area (Å²) in [6.07, 6.45) is 1.91. The minimum absolute atomic E-state index is 0.290. The van der Waals surface area contributed by atoms with Crippen LogP contribution in [-0.2, 0) is 6.42 Å². The van der Waals surface area contributed by atoms with Gasteiger partial charge in [-0.3, -0.25) is 10.1 Å². The maximum atomic E-state index is 12.9. The molecule has 0 aliphatic carbocycles. The molecule has 1 N–H and O–H groups in total. The standard InChI is InChI=1S/C23H26N2O4S/c1-6-7-19-20(15-10-8-14(2)9-11-15)24-23(30-19)25-22(26)16-12-17(27-3)21(29-5)18(13-16)28-4/h8-13H,6-7H2,1-5H3,(H,24,25,26). The topological polar surface area (TPSA) is 69.7 Å². The van der Waals surface area contributed by atoms with Crippen molar-refractivity contribution in [1.29, 1.82) is 0 Å². The quantitative estimate of drug-likeness (QED) is 0.526. The van der Waals surface area contributed by atoms with E-state index in [9.17, 15) is 4.79 Å². The van der Waals surface area contributed by atoms with Gasteiger partial charge in [0.2, 0.25) is 5.75 Å². The molecule has 0 bridgehead atoms. The number of methoxy groups -OCH3 is 3. The van der Waals surface area contributed by atoms with Gasteiger partial charge in [-0.05, 0) is 25.5 Å². The summed E-state index contributed by atoms with van der Waals surface area (Å²) in [4.78, 5) is 18.8. The summed E-state index contributed by atoms with van der Waals surface area (Å²) >= 11 is 1.50. The van der Waals surface area contributed by atoms with Gasteiger partial charge in [-0.25, -0.2) is 4.98 Å². The fourth-order valence-electron chi connectivity index (χ4n) is 3.12. The molecule has 0 fully saturated rings. The Morgan fingerprint density at radius 3 is 2.20 bits per heavy atom. The maximum absolute atomic E-state index is 12.9. The van der Waals surface area contributed by atoms with Gasteiger partial charge in [0.05, 0.1) is 27.0 Å². The van der Waals surface area contributed by atoms with Crippen molar-refractivity contribution in [2.24, 2.45) is 0 Å². The summed E-state index contributed by atoms with van der Waals surface area (Å²) in [6.45, 7) is 4.19. The molecule has 0 unspecified atom stereocenters. The number of hydrogen-bond acceptors (Lipinski definition) is 6. The number of nitrogens with one attached hydrogen (secondary N) is 1. The van der Waals surface area contributed by atoms with Crippen LogP contribution in [-0.4, -0.2) is 32.2 Å². The Bertz CT molecular complexity index is 1000. The van der Waals surface area contributed by atoms with Gasteiger partial charge in [0.15, 0.2) is 16.6 Å². The molecule has 3 rings (SSSR count). The molecule has 6 nitrogen and oxygen atoms in total. The number of carbonyl (C=O) groups excluding carboxylic acids is 1. The second kappa shape index (κ2) is 9.63. The molecule has 1 amide bonds. The Morgan fingerprint density at radius 2 is 1.67 bits per heavy atom. The molecule has 30 heavy (non-hydrogen) atoms. The number of hydrogen-bond donors (Lipinski definition) is 1. The molecule has 0 radical (unpaired) electrons. The minimum atomic E-state index is -0.290. The summed E-state index contributed by atoms with van der Waals surface area (Å²) in [5.74, 6) is 1.00. The molecule has 1 heterocycles. The zero-order valence-corrected chi connectivity index (χ0v) is 18.7. The van der Waals surface area contributed by atoms with Crippen LogP contribution in [0.15, 0.2) is 36.4 Å². The second-order valence-corrected chi connectivity index (χ2v) is 7.86. The normalized spacial score (nSPS) is 10.6. The van der Waals surface area contributed by atoms with Gasteiger partial charge in [-0.1, -0.05) is 43.2 Å². The second-order valence-electron chi connectivity index (χ2n) is 6.77. The van der Waals surface area contributed by atoms with Crippen molar-refractivity contribution in [2.45, 2.75) is 26.7 Å². The number of benzene rings is 2. The number of ether oxygens (including phenoxy) is 3. The summed E-state index contributed by atoms with van der Waals surface area (Å²) in [5, 5.41) is 3.48. The van der Waals surface area contributed by atoms with Crippen LogP contribution in [0.1, 0.15) is 34.1 Å². The monoisotopic (exact) mass is 426 g/mol. The number of rotatable bonds is 8. The number of nitrogens with zero attached hydrogens (tertiary/aromatic N) is 1. The van der Waals surface area contributed by atoms with Gasteiger partial charge >= 0.3 is 0 Å². The number of carbonyl (C=O) groups is 1. The summed E-state index contributed by atoms with van der Waals surface area (Å²) in [6, 6.07) is 11.5. The highest BCUT2D eigenvalue weighted by Crippen LogP contribution is 2.39. The van der Waals surface area contributed by atoms with Crippen molar-refractivity contribution in [3.63, 3.8) is 0 Å². The molecule has 7 heteroatoms. The first-order chi connectivity index (χ1) is 14.5. The van der Waals surface area contributed by atoms with Crippen LogP contribution in [0.25, 0.3) is 11.3 Å². The van der Waals surface area contributed by atoms with Crippen LogP contribution in [0.3, 0.4) is 0 Å². The average Bonchev–Trinajstić information content (AvgIpc) is 3.15. The molecule has 3 aromatic rings. The van der Waals surface area contributed by atoms with Crippen LogP contribution in [0.5, 0.6) is 17.2 Å². The van der Waals surface area contributed by atoms with E-state index in [4.69, 9.17) is 19.2 Å². The highest BCUT2D eigenvalue weighted by atomic mass is 32.1. The van der Waals surface area contributed by atoms with Crippen LogP contribution >= 0.6 is 11.3 Å². The van der Waals surface area contributed by atoms with Crippen LogP contribution < -0.4 is 19.5 Å². The van der Waals surface area contributed by atoms with E-state index in [0.29, 0.717) is 27.9 Å². The summed E-state index contributed by atoms with van der Waals surface area (Å²) in [7, 11) is 4.56. The average molecular weight is 427 g/mol. The lowest BCUT2D eigenvalue weighted by atomic mass is 10.1. The molecular formula is C23H26N2O4S. The highest BCUT2D eigenvalue weighted by molar-refractivity contribution is 7.16. The van der Waals surface area contributed by atoms with Gasteiger partial charge < -0.3 is 14.2 Å². The number of aryl methyl sites for hydroxylation is 2. The molecule has 0 aliphatic heterocycles. The van der Waals surface area contributed by atoms with E-state index in [1.165, 1.54) is 38.2 Å². The van der Waals surface area contributed by atoms with E-state index >= 15 is 0 Å². The van der Waals surface area contributed by atoms with E-state index in [1.807, 2.05) is 0 Å². The van der Waals surface area contributed by atoms with E-state index in [2.05, 4.69) is 43.4 Å². The van der Waals surface area contributed by atoms with E-state index in [0.717, 1.165) is 29.0 Å². The Morgan fingerprint density at radius 1 is 1.03 bits per heavy atom. The lowest BCUT2D eigenvalue weighted by molar-refractivity contribution is 0.102. The van der Waals surface area contributed by atoms with Gasteiger partial charge in [-0.2, -0.15) is 0 Å². The molecule has 0 saturated heterocycles. The van der Waals surface area contributed by atoms with Crippen molar-refractivity contribution >= 4 is 22.4 Å². The SMILES string of the molecule is CCCc1sc(NC(=O)c2cc(OC)c(OC)c(OC)c2)nc1-c1ccc(C)cc1. The largest absolute Gasteiger partial charge is 0.493 e. The van der Waals surface area contributed by atoms with Crippen molar-refractivity contribution in [2.75, 3.05) is 26.6 Å². The number of thiazole rings is 1. The third-order valence-electron chi connectivity index (χ3n) is 4.65. The Labute approximate surface area is 180 Å². The highest BCUT2D eigenvalue weighted by Gasteiger charge is 2.19.